The molecule has 0 saturated carbocycles. The average molecular weight is 396 g/mol. The standard InChI is InChI=1S/C17H17N5O2.2ClH/c1-12(23)21-16-9-8-15(10-19-16)7-4-13-2-5-14(6-3-13)11-20-17(24)22-18;;/h2-3,5-6,8-10H,11,18H2,1H3,(H,19,21,23)(H2,20,22,24);2*1H. The molecule has 0 spiro atoms. The number of nitrogens with one attached hydrogen (secondary N) is 3. The van der Waals surface area contributed by atoms with Crippen LogP contribution in [-0.2, 0) is 11.3 Å². The van der Waals surface area contributed by atoms with Gasteiger partial charge in [-0.25, -0.2) is 15.6 Å². The minimum atomic E-state index is -0.436. The van der Waals surface area contributed by atoms with Gasteiger partial charge in [-0.3, -0.25) is 10.2 Å². The minimum absolute atomic E-state index is 0. The molecule has 0 unspecified atom stereocenters. The Morgan fingerprint density at radius 2 is 1.65 bits per heavy atom. The summed E-state index contributed by atoms with van der Waals surface area (Å²) < 4.78 is 0. The van der Waals surface area contributed by atoms with E-state index in [0.717, 1.165) is 16.7 Å². The molecule has 0 saturated heterocycles. The topological polar surface area (TPSA) is 109 Å². The van der Waals surface area contributed by atoms with Crippen molar-refractivity contribution < 1.29 is 9.59 Å². The summed E-state index contributed by atoms with van der Waals surface area (Å²) in [6.07, 6.45) is 1.60. The van der Waals surface area contributed by atoms with E-state index >= 15 is 0 Å². The lowest BCUT2D eigenvalue weighted by atomic mass is 10.1. The van der Waals surface area contributed by atoms with E-state index in [4.69, 9.17) is 5.84 Å². The van der Waals surface area contributed by atoms with Crippen LogP contribution in [0, 0.1) is 11.8 Å². The number of anilines is 1. The number of hydrazine groups is 1. The molecular weight excluding hydrogens is 377 g/mol. The molecule has 0 bridgehead atoms. The van der Waals surface area contributed by atoms with E-state index in [1.165, 1.54) is 6.92 Å². The van der Waals surface area contributed by atoms with Crippen LogP contribution in [0.5, 0.6) is 0 Å². The van der Waals surface area contributed by atoms with Crippen LogP contribution >= 0.6 is 24.8 Å². The maximum Gasteiger partial charge on any atom is 0.329 e. The van der Waals surface area contributed by atoms with E-state index in [0.29, 0.717) is 12.4 Å². The van der Waals surface area contributed by atoms with Gasteiger partial charge in [0.1, 0.15) is 5.82 Å². The van der Waals surface area contributed by atoms with Gasteiger partial charge >= 0.3 is 6.03 Å². The van der Waals surface area contributed by atoms with Gasteiger partial charge < -0.3 is 10.6 Å². The lowest BCUT2D eigenvalue weighted by Gasteiger charge is -2.04. The molecule has 0 fully saturated rings. The SMILES string of the molecule is CC(=O)Nc1ccc(C#Cc2ccc(CNC(=O)NN)cc2)cn1.Cl.Cl. The van der Waals surface area contributed by atoms with Gasteiger partial charge in [-0.1, -0.05) is 24.0 Å². The monoisotopic (exact) mass is 395 g/mol. The quantitative estimate of drug-likeness (QED) is 0.275. The second kappa shape index (κ2) is 11.7. The van der Waals surface area contributed by atoms with Gasteiger partial charge in [-0.15, -0.1) is 24.8 Å². The highest BCUT2D eigenvalue weighted by Crippen LogP contribution is 2.06. The zero-order chi connectivity index (χ0) is 17.4. The molecule has 0 aliphatic carbocycles. The zero-order valence-electron chi connectivity index (χ0n) is 13.9. The number of nitrogens with two attached hydrogens (primary N) is 1. The van der Waals surface area contributed by atoms with Gasteiger partial charge in [-0.2, -0.15) is 0 Å². The van der Waals surface area contributed by atoms with Crippen LogP contribution in [0.4, 0.5) is 10.6 Å². The minimum Gasteiger partial charge on any atom is -0.333 e. The number of benzene rings is 1. The number of halogens is 2. The molecule has 1 heterocycles. The van der Waals surface area contributed by atoms with Gasteiger partial charge in [0.15, 0.2) is 0 Å². The second-order valence-electron chi connectivity index (χ2n) is 4.89. The van der Waals surface area contributed by atoms with Crippen LogP contribution in [0.25, 0.3) is 0 Å². The van der Waals surface area contributed by atoms with Crippen molar-refractivity contribution in [1.29, 1.82) is 0 Å². The predicted octanol–water partition coefficient (Wildman–Crippen LogP) is 1.96. The van der Waals surface area contributed by atoms with E-state index in [2.05, 4.69) is 27.5 Å². The molecule has 2 aromatic rings. The van der Waals surface area contributed by atoms with Crippen molar-refractivity contribution in [2.75, 3.05) is 5.32 Å². The third-order valence-corrected chi connectivity index (χ3v) is 2.96. The predicted molar refractivity (Wildman–Crippen MR) is 105 cm³/mol. The molecule has 138 valence electrons. The Kier molecular flexibility index (Phi) is 10.5. The summed E-state index contributed by atoms with van der Waals surface area (Å²) in [6.45, 7) is 1.81. The van der Waals surface area contributed by atoms with Crippen LogP contribution in [0.3, 0.4) is 0 Å². The molecule has 5 N–H and O–H groups in total. The highest BCUT2D eigenvalue weighted by Gasteiger charge is 1.98. The Bertz CT molecular complexity index is 784. The molecule has 1 aromatic carbocycles. The Hall–Kier alpha value is -2.79. The molecule has 0 atom stereocenters. The molecule has 0 aliphatic rings. The van der Waals surface area contributed by atoms with E-state index in [-0.39, 0.29) is 30.7 Å². The van der Waals surface area contributed by atoms with Crippen LogP contribution in [0.2, 0.25) is 0 Å². The second-order valence-corrected chi connectivity index (χ2v) is 4.89. The third-order valence-electron chi connectivity index (χ3n) is 2.96. The number of amides is 3. The fourth-order valence-corrected chi connectivity index (χ4v) is 1.81. The molecule has 2 rings (SSSR count). The number of carbonyl (C=O) groups is 2. The summed E-state index contributed by atoms with van der Waals surface area (Å²) in [5.74, 6) is 11.3. The Morgan fingerprint density at radius 1 is 1.04 bits per heavy atom. The van der Waals surface area contributed by atoms with Crippen molar-refractivity contribution in [2.24, 2.45) is 5.84 Å². The maximum absolute atomic E-state index is 11.0. The lowest BCUT2D eigenvalue weighted by Crippen LogP contribution is -2.39. The van der Waals surface area contributed by atoms with E-state index < -0.39 is 6.03 Å². The average Bonchev–Trinajstić information content (AvgIpc) is 2.59. The first-order chi connectivity index (χ1) is 11.6. The summed E-state index contributed by atoms with van der Waals surface area (Å²) in [7, 11) is 0. The Balaban J connectivity index is 0.00000312. The highest BCUT2D eigenvalue weighted by molar-refractivity contribution is 5.87. The summed E-state index contributed by atoms with van der Waals surface area (Å²) in [6, 6.07) is 10.5. The zero-order valence-corrected chi connectivity index (χ0v) is 15.5. The number of nitrogens with zero attached hydrogens (tertiary/aromatic N) is 1. The molecule has 3 amide bonds. The first-order valence-corrected chi connectivity index (χ1v) is 7.16. The molecule has 7 nitrogen and oxygen atoms in total. The van der Waals surface area contributed by atoms with Crippen molar-refractivity contribution in [2.45, 2.75) is 13.5 Å². The fraction of sp³-hybridized carbons (Fsp3) is 0.118. The molecule has 0 radical (unpaired) electrons. The molecule has 9 heteroatoms. The summed E-state index contributed by atoms with van der Waals surface area (Å²) in [5.41, 5.74) is 4.52. The van der Waals surface area contributed by atoms with Gasteiger partial charge in [0.25, 0.3) is 0 Å². The van der Waals surface area contributed by atoms with Crippen LogP contribution in [-0.4, -0.2) is 16.9 Å². The smallest absolute Gasteiger partial charge is 0.329 e. The summed E-state index contributed by atoms with van der Waals surface area (Å²) in [4.78, 5) is 26.0. The van der Waals surface area contributed by atoms with Crippen LogP contribution in [0.15, 0.2) is 42.6 Å². The van der Waals surface area contributed by atoms with Crippen molar-refractivity contribution in [3.05, 3.63) is 59.3 Å². The van der Waals surface area contributed by atoms with Crippen LogP contribution < -0.4 is 21.9 Å². The van der Waals surface area contributed by atoms with Gasteiger partial charge in [0.2, 0.25) is 5.91 Å². The van der Waals surface area contributed by atoms with Crippen molar-refractivity contribution in [1.82, 2.24) is 15.7 Å². The first-order valence-electron chi connectivity index (χ1n) is 7.16. The largest absolute Gasteiger partial charge is 0.333 e. The van der Waals surface area contributed by atoms with E-state index in [1.807, 2.05) is 29.7 Å². The normalized spacial score (nSPS) is 8.69. The lowest BCUT2D eigenvalue weighted by molar-refractivity contribution is -0.114. The maximum atomic E-state index is 11.0. The number of rotatable bonds is 3. The van der Waals surface area contributed by atoms with Crippen LogP contribution in [0.1, 0.15) is 23.6 Å². The number of aromatic nitrogens is 1. The van der Waals surface area contributed by atoms with E-state index in [1.54, 1.807) is 18.3 Å². The Morgan fingerprint density at radius 3 is 2.19 bits per heavy atom. The van der Waals surface area contributed by atoms with Crippen molar-refractivity contribution in [3.63, 3.8) is 0 Å². The first kappa shape index (κ1) is 23.2. The number of hydrogen-bond acceptors (Lipinski definition) is 4. The van der Waals surface area contributed by atoms with Gasteiger partial charge in [0.05, 0.1) is 0 Å². The number of pyridine rings is 1. The fourth-order valence-electron chi connectivity index (χ4n) is 1.81. The van der Waals surface area contributed by atoms with Gasteiger partial charge in [-0.05, 0) is 29.8 Å². The van der Waals surface area contributed by atoms with Crippen molar-refractivity contribution >= 4 is 42.6 Å². The van der Waals surface area contributed by atoms with Crippen molar-refractivity contribution in [3.8, 4) is 11.8 Å². The number of hydrogen-bond donors (Lipinski definition) is 4. The third kappa shape index (κ3) is 7.85. The summed E-state index contributed by atoms with van der Waals surface area (Å²) >= 11 is 0. The molecule has 26 heavy (non-hydrogen) atoms. The van der Waals surface area contributed by atoms with E-state index in [9.17, 15) is 9.59 Å². The molecule has 1 aromatic heterocycles. The molecular formula is C17H19Cl2N5O2. The highest BCUT2D eigenvalue weighted by atomic mass is 35.5. The number of urea groups is 1. The molecule has 0 aliphatic heterocycles. The summed E-state index contributed by atoms with van der Waals surface area (Å²) in [5, 5.41) is 5.19. The number of carbonyl (C=O) groups excluding carboxylic acids is 2. The Labute approximate surface area is 163 Å². The van der Waals surface area contributed by atoms with Gasteiger partial charge in [0, 0.05) is 30.8 Å².